The van der Waals surface area contributed by atoms with Gasteiger partial charge in [0.25, 0.3) is 0 Å². The fraction of sp³-hybridized carbons (Fsp3) is 0.750. The van der Waals surface area contributed by atoms with E-state index in [-0.39, 0.29) is 5.91 Å². The van der Waals surface area contributed by atoms with Crippen LogP contribution in [0.1, 0.15) is 13.8 Å². The van der Waals surface area contributed by atoms with Crippen molar-refractivity contribution < 1.29 is 19.5 Å². The van der Waals surface area contributed by atoms with Gasteiger partial charge in [-0.3, -0.25) is 14.4 Å². The van der Waals surface area contributed by atoms with Crippen LogP contribution in [-0.4, -0.2) is 59.4 Å². The number of amides is 2. The van der Waals surface area contributed by atoms with Crippen LogP contribution in [0.15, 0.2) is 0 Å². The Bertz CT molecular complexity index is 386. The molecular weight excluding hydrogens is 236 g/mol. The first-order valence-electron chi connectivity index (χ1n) is 6.10. The Hall–Kier alpha value is -1.59. The molecular formula is C12H18N2O4. The van der Waals surface area contributed by atoms with Gasteiger partial charge >= 0.3 is 5.97 Å². The normalized spacial score (nSPS) is 29.9. The van der Waals surface area contributed by atoms with Gasteiger partial charge in [0, 0.05) is 26.2 Å². The first kappa shape index (κ1) is 12.9. The zero-order valence-corrected chi connectivity index (χ0v) is 10.6. The molecule has 2 fully saturated rings. The third-order valence-electron chi connectivity index (χ3n) is 4.13. The summed E-state index contributed by atoms with van der Waals surface area (Å²) in [4.78, 5) is 37.2. The van der Waals surface area contributed by atoms with Crippen LogP contribution in [0.5, 0.6) is 0 Å². The van der Waals surface area contributed by atoms with E-state index < -0.39 is 23.2 Å². The van der Waals surface area contributed by atoms with Gasteiger partial charge in [-0.1, -0.05) is 13.8 Å². The Labute approximate surface area is 106 Å². The molecule has 18 heavy (non-hydrogen) atoms. The highest BCUT2D eigenvalue weighted by atomic mass is 16.4. The second kappa shape index (κ2) is 4.26. The van der Waals surface area contributed by atoms with Crippen LogP contribution in [0.25, 0.3) is 0 Å². The average Bonchev–Trinajstić information content (AvgIpc) is 2.92. The quantitative estimate of drug-likeness (QED) is 0.698. The molecule has 1 aliphatic heterocycles. The topological polar surface area (TPSA) is 77.9 Å². The van der Waals surface area contributed by atoms with Crippen molar-refractivity contribution in [2.24, 2.45) is 17.3 Å². The Morgan fingerprint density at radius 2 is 1.72 bits per heavy atom. The average molecular weight is 254 g/mol. The molecule has 1 N–H and O–H groups in total. The molecule has 6 nitrogen and oxygen atoms in total. The lowest BCUT2D eigenvalue weighted by Gasteiger charge is -2.33. The molecule has 6 heteroatoms. The van der Waals surface area contributed by atoms with E-state index in [1.165, 1.54) is 0 Å². The van der Waals surface area contributed by atoms with Crippen LogP contribution < -0.4 is 0 Å². The molecule has 1 heterocycles. The molecule has 0 bridgehead atoms. The summed E-state index contributed by atoms with van der Waals surface area (Å²) in [6, 6.07) is 0. The lowest BCUT2D eigenvalue weighted by Crippen LogP contribution is -2.49. The zero-order valence-electron chi connectivity index (χ0n) is 10.6. The van der Waals surface area contributed by atoms with E-state index in [1.54, 1.807) is 9.80 Å². The number of rotatable bonds is 3. The molecule has 0 aromatic heterocycles. The third kappa shape index (κ3) is 1.95. The molecule has 2 aliphatic rings. The van der Waals surface area contributed by atoms with Gasteiger partial charge in [0.15, 0.2) is 0 Å². The Kier molecular flexibility index (Phi) is 3.04. The monoisotopic (exact) mass is 254 g/mol. The van der Waals surface area contributed by atoms with Gasteiger partial charge in [-0.25, -0.2) is 0 Å². The van der Waals surface area contributed by atoms with Gasteiger partial charge in [0.1, 0.15) is 0 Å². The van der Waals surface area contributed by atoms with Crippen LogP contribution in [0.4, 0.5) is 0 Å². The largest absolute Gasteiger partial charge is 0.481 e. The molecule has 100 valence electrons. The van der Waals surface area contributed by atoms with Crippen LogP contribution in [0.3, 0.4) is 0 Å². The van der Waals surface area contributed by atoms with Gasteiger partial charge in [-0.05, 0) is 5.41 Å². The minimum atomic E-state index is -0.898. The van der Waals surface area contributed by atoms with Gasteiger partial charge in [-0.15, -0.1) is 0 Å². The van der Waals surface area contributed by atoms with Crippen LogP contribution in [0.2, 0.25) is 0 Å². The first-order valence-corrected chi connectivity index (χ1v) is 6.10. The Balaban J connectivity index is 1.98. The SMILES string of the molecule is CC1(C)[C@H](C(=O)O)[C@@H]1C(=O)N1CCN(C=O)CC1. The van der Waals surface area contributed by atoms with E-state index in [0.29, 0.717) is 26.2 Å². The summed E-state index contributed by atoms with van der Waals surface area (Å²) in [5.74, 6) is -1.98. The highest BCUT2D eigenvalue weighted by Crippen LogP contribution is 2.59. The van der Waals surface area contributed by atoms with E-state index in [4.69, 9.17) is 5.11 Å². The third-order valence-corrected chi connectivity index (χ3v) is 4.13. The number of carboxylic acids is 1. The highest BCUT2D eigenvalue weighted by Gasteiger charge is 2.66. The second-order valence-electron chi connectivity index (χ2n) is 5.58. The first-order chi connectivity index (χ1) is 8.39. The summed E-state index contributed by atoms with van der Waals surface area (Å²) in [6.45, 7) is 5.68. The molecule has 0 unspecified atom stereocenters. The summed E-state index contributed by atoms with van der Waals surface area (Å²) < 4.78 is 0. The molecule has 0 aromatic rings. The van der Waals surface area contributed by atoms with E-state index in [1.807, 2.05) is 13.8 Å². The van der Waals surface area contributed by atoms with Crippen molar-refractivity contribution in [2.75, 3.05) is 26.2 Å². The number of carboxylic acid groups (broad SMARTS) is 1. The highest BCUT2D eigenvalue weighted by molar-refractivity contribution is 5.91. The van der Waals surface area contributed by atoms with Crippen molar-refractivity contribution >= 4 is 18.3 Å². The maximum atomic E-state index is 12.2. The molecule has 2 rings (SSSR count). The molecule has 1 aliphatic carbocycles. The lowest BCUT2D eigenvalue weighted by molar-refractivity contribution is -0.142. The van der Waals surface area contributed by atoms with Crippen molar-refractivity contribution in [2.45, 2.75) is 13.8 Å². The number of hydrogen-bond donors (Lipinski definition) is 1. The fourth-order valence-corrected chi connectivity index (χ4v) is 2.80. The summed E-state index contributed by atoms with van der Waals surface area (Å²) in [5, 5.41) is 9.06. The van der Waals surface area contributed by atoms with Gasteiger partial charge < -0.3 is 14.9 Å². The van der Waals surface area contributed by atoms with E-state index in [9.17, 15) is 14.4 Å². The molecule has 0 radical (unpaired) electrons. The lowest BCUT2D eigenvalue weighted by atomic mass is 10.1. The number of nitrogens with zero attached hydrogens (tertiary/aromatic N) is 2. The summed E-state index contributed by atoms with van der Waals surface area (Å²) in [6.07, 6.45) is 0.781. The second-order valence-corrected chi connectivity index (χ2v) is 5.58. The van der Waals surface area contributed by atoms with Gasteiger partial charge in [-0.2, -0.15) is 0 Å². The van der Waals surface area contributed by atoms with Crippen molar-refractivity contribution in [3.63, 3.8) is 0 Å². The smallest absolute Gasteiger partial charge is 0.307 e. The predicted molar refractivity (Wildman–Crippen MR) is 62.6 cm³/mol. The molecule has 2 amide bonds. The van der Waals surface area contributed by atoms with E-state index in [2.05, 4.69) is 0 Å². The minimum absolute atomic E-state index is 0.0852. The number of carbonyl (C=O) groups is 3. The van der Waals surface area contributed by atoms with Crippen LogP contribution in [-0.2, 0) is 14.4 Å². The van der Waals surface area contributed by atoms with Crippen molar-refractivity contribution in [1.29, 1.82) is 0 Å². The molecule has 2 atom stereocenters. The maximum absolute atomic E-state index is 12.2. The van der Waals surface area contributed by atoms with E-state index in [0.717, 1.165) is 6.41 Å². The minimum Gasteiger partial charge on any atom is -0.481 e. The molecule has 0 aromatic carbocycles. The number of aliphatic carboxylic acids is 1. The Morgan fingerprint density at radius 3 is 2.11 bits per heavy atom. The fourth-order valence-electron chi connectivity index (χ4n) is 2.80. The number of carbonyl (C=O) groups excluding carboxylic acids is 2. The van der Waals surface area contributed by atoms with Crippen molar-refractivity contribution in [3.05, 3.63) is 0 Å². The van der Waals surface area contributed by atoms with Crippen LogP contribution >= 0.6 is 0 Å². The van der Waals surface area contributed by atoms with Gasteiger partial charge in [0.2, 0.25) is 12.3 Å². The van der Waals surface area contributed by atoms with E-state index >= 15 is 0 Å². The summed E-state index contributed by atoms with van der Waals surface area (Å²) >= 11 is 0. The van der Waals surface area contributed by atoms with Crippen molar-refractivity contribution in [3.8, 4) is 0 Å². The van der Waals surface area contributed by atoms with Crippen LogP contribution in [0, 0.1) is 17.3 Å². The maximum Gasteiger partial charge on any atom is 0.307 e. The standard InChI is InChI=1S/C12H18N2O4/c1-12(2)8(9(12)11(17)18)10(16)14-5-3-13(7-15)4-6-14/h7-9H,3-6H2,1-2H3,(H,17,18)/t8-,9+/m1/s1. The molecule has 1 saturated carbocycles. The molecule has 1 saturated heterocycles. The number of piperazine rings is 1. The van der Waals surface area contributed by atoms with Gasteiger partial charge in [0.05, 0.1) is 11.8 Å². The Morgan fingerprint density at radius 1 is 1.17 bits per heavy atom. The number of hydrogen-bond acceptors (Lipinski definition) is 3. The van der Waals surface area contributed by atoms with Crippen molar-refractivity contribution in [1.82, 2.24) is 9.80 Å². The zero-order chi connectivity index (χ0) is 13.5. The summed E-state index contributed by atoms with van der Waals surface area (Å²) in [5.41, 5.74) is -0.454. The summed E-state index contributed by atoms with van der Waals surface area (Å²) in [7, 11) is 0. The molecule has 0 spiro atoms. The predicted octanol–water partition coefficient (Wildman–Crippen LogP) is -0.356.